The fraction of sp³-hybridized carbons (Fsp3) is 0.235. The van der Waals surface area contributed by atoms with Gasteiger partial charge in [0.1, 0.15) is 11.6 Å². The Morgan fingerprint density at radius 3 is 2.86 bits per heavy atom. The predicted molar refractivity (Wildman–Crippen MR) is 89.2 cm³/mol. The molecule has 0 amide bonds. The molecule has 3 rings (SSSR count). The molecule has 0 aliphatic rings. The summed E-state index contributed by atoms with van der Waals surface area (Å²) in [6.07, 6.45) is 3.79. The lowest BCUT2D eigenvalue weighted by Gasteiger charge is -2.21. The van der Waals surface area contributed by atoms with Gasteiger partial charge in [-0.1, -0.05) is 18.2 Å². The molecule has 22 heavy (non-hydrogen) atoms. The number of hydrogen-bond acceptors (Lipinski definition) is 4. The number of nitrogens with zero attached hydrogens (tertiary/aromatic N) is 2. The number of aromatic nitrogens is 2. The maximum atomic E-state index is 5.53. The molecule has 0 saturated carbocycles. The van der Waals surface area contributed by atoms with Crippen LogP contribution in [-0.2, 0) is 13.6 Å². The van der Waals surface area contributed by atoms with E-state index in [4.69, 9.17) is 4.74 Å². The summed E-state index contributed by atoms with van der Waals surface area (Å²) >= 11 is 1.71. The first-order valence-electron chi connectivity index (χ1n) is 7.14. The van der Waals surface area contributed by atoms with Crippen LogP contribution in [0.3, 0.4) is 0 Å². The van der Waals surface area contributed by atoms with Crippen molar-refractivity contribution in [2.75, 3.05) is 7.11 Å². The van der Waals surface area contributed by atoms with Gasteiger partial charge < -0.3 is 9.30 Å². The SMILES string of the molecule is COc1ccccc1[C@H](NCc1ccsc1)c1nccn1C. The molecule has 2 aromatic heterocycles. The summed E-state index contributed by atoms with van der Waals surface area (Å²) in [5.74, 6) is 1.84. The largest absolute Gasteiger partial charge is 0.496 e. The van der Waals surface area contributed by atoms with E-state index in [0.717, 1.165) is 23.7 Å². The molecule has 0 radical (unpaired) electrons. The standard InChI is InChI=1S/C17H19N3OS/c1-20-9-8-18-17(20)16(19-11-13-7-10-22-12-13)14-5-3-4-6-15(14)21-2/h3-10,12,16,19H,11H2,1-2H3/t16-/m0/s1. The zero-order valence-corrected chi connectivity index (χ0v) is 13.5. The Morgan fingerprint density at radius 1 is 1.32 bits per heavy atom. The first-order chi connectivity index (χ1) is 10.8. The lowest BCUT2D eigenvalue weighted by Crippen LogP contribution is -2.25. The van der Waals surface area contributed by atoms with E-state index in [0.29, 0.717) is 0 Å². The third kappa shape index (κ3) is 3.05. The van der Waals surface area contributed by atoms with E-state index in [-0.39, 0.29) is 6.04 Å². The normalized spacial score (nSPS) is 12.3. The number of imidazole rings is 1. The van der Waals surface area contributed by atoms with Crippen molar-refractivity contribution in [2.24, 2.45) is 7.05 Å². The number of ether oxygens (including phenoxy) is 1. The molecular weight excluding hydrogens is 294 g/mol. The van der Waals surface area contributed by atoms with Gasteiger partial charge in [0.15, 0.2) is 0 Å². The minimum absolute atomic E-state index is 0.0175. The van der Waals surface area contributed by atoms with Gasteiger partial charge in [-0.15, -0.1) is 0 Å². The van der Waals surface area contributed by atoms with Crippen molar-refractivity contribution in [2.45, 2.75) is 12.6 Å². The number of para-hydroxylation sites is 1. The molecule has 0 aliphatic carbocycles. The number of benzene rings is 1. The summed E-state index contributed by atoms with van der Waals surface area (Å²) in [7, 11) is 3.71. The molecule has 1 aromatic carbocycles. The molecule has 0 unspecified atom stereocenters. The van der Waals surface area contributed by atoms with Crippen LogP contribution in [0.5, 0.6) is 5.75 Å². The van der Waals surface area contributed by atoms with Crippen molar-refractivity contribution in [3.8, 4) is 5.75 Å². The fourth-order valence-corrected chi connectivity index (χ4v) is 3.18. The summed E-state index contributed by atoms with van der Waals surface area (Å²) in [5.41, 5.74) is 2.37. The van der Waals surface area contributed by atoms with Crippen LogP contribution in [0.25, 0.3) is 0 Å². The number of thiophene rings is 1. The van der Waals surface area contributed by atoms with Crippen LogP contribution in [0.1, 0.15) is 23.0 Å². The van der Waals surface area contributed by atoms with Crippen molar-refractivity contribution in [3.63, 3.8) is 0 Å². The Balaban J connectivity index is 1.94. The minimum Gasteiger partial charge on any atom is -0.496 e. The van der Waals surface area contributed by atoms with Gasteiger partial charge in [0.2, 0.25) is 0 Å². The second-order valence-corrected chi connectivity index (χ2v) is 5.86. The molecule has 5 heteroatoms. The molecular formula is C17H19N3OS. The van der Waals surface area contributed by atoms with Gasteiger partial charge in [0, 0.05) is 31.5 Å². The van der Waals surface area contributed by atoms with Crippen LogP contribution in [0.2, 0.25) is 0 Å². The highest BCUT2D eigenvalue weighted by Gasteiger charge is 2.21. The van der Waals surface area contributed by atoms with Gasteiger partial charge in [-0.25, -0.2) is 4.98 Å². The molecule has 4 nitrogen and oxygen atoms in total. The first-order valence-corrected chi connectivity index (χ1v) is 8.08. The van der Waals surface area contributed by atoms with Gasteiger partial charge in [-0.05, 0) is 28.5 Å². The Morgan fingerprint density at radius 2 is 2.18 bits per heavy atom. The summed E-state index contributed by atoms with van der Waals surface area (Å²) in [6.45, 7) is 0.791. The van der Waals surface area contributed by atoms with Crippen molar-refractivity contribution in [1.29, 1.82) is 0 Å². The summed E-state index contributed by atoms with van der Waals surface area (Å²) in [5, 5.41) is 7.85. The second kappa shape index (κ2) is 6.77. The molecule has 0 fully saturated rings. The van der Waals surface area contributed by atoms with Crippen molar-refractivity contribution >= 4 is 11.3 Å². The molecule has 0 spiro atoms. The third-order valence-electron chi connectivity index (χ3n) is 3.66. The van der Waals surface area contributed by atoms with Crippen molar-refractivity contribution in [3.05, 3.63) is 70.4 Å². The average Bonchev–Trinajstić information content (AvgIpc) is 3.20. The van der Waals surface area contributed by atoms with Crippen molar-refractivity contribution in [1.82, 2.24) is 14.9 Å². The van der Waals surface area contributed by atoms with Crippen LogP contribution in [0, 0.1) is 0 Å². The summed E-state index contributed by atoms with van der Waals surface area (Å²) < 4.78 is 7.57. The lowest BCUT2D eigenvalue weighted by molar-refractivity contribution is 0.401. The van der Waals surface area contributed by atoms with E-state index in [2.05, 4.69) is 33.2 Å². The Hall–Kier alpha value is -2.11. The molecule has 2 heterocycles. The molecule has 0 saturated heterocycles. The van der Waals surface area contributed by atoms with E-state index in [9.17, 15) is 0 Å². The van der Waals surface area contributed by atoms with Crippen LogP contribution in [0.4, 0.5) is 0 Å². The number of aryl methyl sites for hydroxylation is 1. The summed E-state index contributed by atoms with van der Waals surface area (Å²) in [4.78, 5) is 4.52. The molecule has 0 bridgehead atoms. The second-order valence-electron chi connectivity index (χ2n) is 5.08. The van der Waals surface area contributed by atoms with Crippen LogP contribution >= 0.6 is 11.3 Å². The zero-order valence-electron chi connectivity index (χ0n) is 12.7. The van der Waals surface area contributed by atoms with Gasteiger partial charge in [-0.2, -0.15) is 11.3 Å². The lowest BCUT2D eigenvalue weighted by atomic mass is 10.0. The number of hydrogen-bond donors (Lipinski definition) is 1. The Bertz CT molecular complexity index is 721. The molecule has 1 atom stereocenters. The molecule has 1 N–H and O–H groups in total. The van der Waals surface area contributed by atoms with E-state index >= 15 is 0 Å². The molecule has 0 aliphatic heterocycles. The monoisotopic (exact) mass is 313 g/mol. The topological polar surface area (TPSA) is 39.1 Å². The smallest absolute Gasteiger partial charge is 0.130 e. The molecule has 114 valence electrons. The Kier molecular flexibility index (Phi) is 4.56. The van der Waals surface area contributed by atoms with Gasteiger partial charge in [-0.3, -0.25) is 5.32 Å². The van der Waals surface area contributed by atoms with E-state index in [1.54, 1.807) is 18.4 Å². The highest BCUT2D eigenvalue weighted by molar-refractivity contribution is 7.07. The predicted octanol–water partition coefficient (Wildman–Crippen LogP) is 3.37. The molecule has 3 aromatic rings. The average molecular weight is 313 g/mol. The Labute approximate surface area is 134 Å². The quantitative estimate of drug-likeness (QED) is 0.758. The highest BCUT2D eigenvalue weighted by atomic mass is 32.1. The van der Waals surface area contributed by atoms with E-state index in [1.165, 1.54) is 5.56 Å². The first kappa shape index (κ1) is 14.8. The van der Waals surface area contributed by atoms with Crippen LogP contribution in [-0.4, -0.2) is 16.7 Å². The zero-order chi connectivity index (χ0) is 15.4. The number of methoxy groups -OCH3 is 1. The number of rotatable bonds is 6. The van der Waals surface area contributed by atoms with Crippen molar-refractivity contribution < 1.29 is 4.74 Å². The van der Waals surface area contributed by atoms with E-state index in [1.807, 2.05) is 42.2 Å². The summed E-state index contributed by atoms with van der Waals surface area (Å²) in [6, 6.07) is 10.2. The van der Waals surface area contributed by atoms with Crippen LogP contribution < -0.4 is 10.1 Å². The highest BCUT2D eigenvalue weighted by Crippen LogP contribution is 2.29. The van der Waals surface area contributed by atoms with Gasteiger partial charge >= 0.3 is 0 Å². The maximum absolute atomic E-state index is 5.53. The third-order valence-corrected chi connectivity index (χ3v) is 4.39. The maximum Gasteiger partial charge on any atom is 0.130 e. The van der Waals surface area contributed by atoms with Gasteiger partial charge in [0.05, 0.1) is 13.2 Å². The fourth-order valence-electron chi connectivity index (χ4n) is 2.51. The van der Waals surface area contributed by atoms with E-state index < -0.39 is 0 Å². The van der Waals surface area contributed by atoms with Gasteiger partial charge in [0.25, 0.3) is 0 Å². The minimum atomic E-state index is -0.0175. The number of nitrogens with one attached hydrogen (secondary N) is 1. The van der Waals surface area contributed by atoms with Crippen LogP contribution in [0.15, 0.2) is 53.5 Å².